The third-order valence-electron chi connectivity index (χ3n) is 2.92. The summed E-state index contributed by atoms with van der Waals surface area (Å²) in [6, 6.07) is 11.7. The van der Waals surface area contributed by atoms with E-state index < -0.39 is 6.04 Å². The fraction of sp³-hybridized carbons (Fsp3) is 0.286. The lowest BCUT2D eigenvalue weighted by Gasteiger charge is -2.25. The molecule has 2 N–H and O–H groups in total. The Balaban J connectivity index is 2.17. The molecule has 19 heavy (non-hydrogen) atoms. The average Bonchev–Trinajstić information content (AvgIpc) is 2.95. The molecular formula is C14H16N4O. The number of hydrogen-bond donors (Lipinski definition) is 2. The molecule has 0 radical (unpaired) electrons. The second kappa shape index (κ2) is 6.69. The van der Waals surface area contributed by atoms with Gasteiger partial charge in [-0.25, -0.2) is 4.98 Å². The SMILES string of the molecule is N#CC(c1cnc[nH]1)N(CCO)Cc1ccccc1. The van der Waals surface area contributed by atoms with E-state index in [4.69, 9.17) is 0 Å². The summed E-state index contributed by atoms with van der Waals surface area (Å²) in [5.74, 6) is 0. The number of rotatable bonds is 6. The number of benzene rings is 1. The zero-order chi connectivity index (χ0) is 13.5. The summed E-state index contributed by atoms with van der Waals surface area (Å²) in [5.41, 5.74) is 1.85. The maximum Gasteiger partial charge on any atom is 0.140 e. The molecule has 0 bridgehead atoms. The average molecular weight is 256 g/mol. The molecule has 1 aromatic heterocycles. The van der Waals surface area contributed by atoms with Crippen LogP contribution >= 0.6 is 0 Å². The van der Waals surface area contributed by atoms with Gasteiger partial charge in [0.2, 0.25) is 0 Å². The van der Waals surface area contributed by atoms with Crippen LogP contribution in [0.3, 0.4) is 0 Å². The van der Waals surface area contributed by atoms with E-state index in [0.29, 0.717) is 13.1 Å². The van der Waals surface area contributed by atoms with Crippen molar-refractivity contribution in [1.29, 1.82) is 5.26 Å². The van der Waals surface area contributed by atoms with Crippen LogP contribution in [0.2, 0.25) is 0 Å². The van der Waals surface area contributed by atoms with Crippen LogP contribution in [0.15, 0.2) is 42.9 Å². The van der Waals surface area contributed by atoms with Gasteiger partial charge >= 0.3 is 0 Å². The number of hydrogen-bond acceptors (Lipinski definition) is 4. The zero-order valence-corrected chi connectivity index (χ0v) is 10.5. The Kier molecular flexibility index (Phi) is 4.67. The second-order valence-electron chi connectivity index (χ2n) is 4.22. The van der Waals surface area contributed by atoms with Gasteiger partial charge in [0.1, 0.15) is 6.04 Å². The van der Waals surface area contributed by atoms with Crippen molar-refractivity contribution >= 4 is 0 Å². The molecule has 0 aliphatic heterocycles. The first-order valence-electron chi connectivity index (χ1n) is 6.12. The van der Waals surface area contributed by atoms with Gasteiger partial charge in [0, 0.05) is 13.1 Å². The topological polar surface area (TPSA) is 75.9 Å². The van der Waals surface area contributed by atoms with Crippen molar-refractivity contribution in [1.82, 2.24) is 14.9 Å². The number of aliphatic hydroxyl groups excluding tert-OH is 1. The highest BCUT2D eigenvalue weighted by Crippen LogP contribution is 2.19. The van der Waals surface area contributed by atoms with Crippen molar-refractivity contribution in [2.75, 3.05) is 13.2 Å². The van der Waals surface area contributed by atoms with Crippen LogP contribution in [-0.4, -0.2) is 33.1 Å². The molecule has 2 aromatic rings. The monoisotopic (exact) mass is 256 g/mol. The molecule has 5 heteroatoms. The molecule has 0 saturated carbocycles. The number of imidazole rings is 1. The highest BCUT2D eigenvalue weighted by Gasteiger charge is 2.21. The zero-order valence-electron chi connectivity index (χ0n) is 10.5. The molecule has 1 unspecified atom stereocenters. The standard InChI is InChI=1S/C14H16N4O/c15-8-14(13-9-16-11-17-13)18(6-7-19)10-12-4-2-1-3-5-12/h1-5,9,11,14,19H,6-7,10H2,(H,16,17). The number of nitrogens with zero attached hydrogens (tertiary/aromatic N) is 3. The Hall–Kier alpha value is -2.16. The van der Waals surface area contributed by atoms with Gasteiger partial charge in [-0.05, 0) is 5.56 Å². The van der Waals surface area contributed by atoms with Crippen LogP contribution in [0, 0.1) is 11.3 Å². The van der Waals surface area contributed by atoms with Crippen LogP contribution in [0.1, 0.15) is 17.3 Å². The lowest BCUT2D eigenvalue weighted by Crippen LogP contribution is -2.30. The molecule has 0 aliphatic carbocycles. The lowest BCUT2D eigenvalue weighted by atomic mass is 10.1. The number of nitriles is 1. The predicted molar refractivity (Wildman–Crippen MR) is 70.9 cm³/mol. The third-order valence-corrected chi connectivity index (χ3v) is 2.92. The van der Waals surface area contributed by atoms with Gasteiger partial charge in [0.05, 0.1) is 30.9 Å². The molecule has 1 aromatic carbocycles. The Morgan fingerprint density at radius 3 is 2.74 bits per heavy atom. The molecule has 0 aliphatic rings. The molecule has 98 valence electrons. The Morgan fingerprint density at radius 1 is 1.37 bits per heavy atom. The Labute approximate surface area is 112 Å². The number of H-pyrrole nitrogens is 1. The first-order valence-corrected chi connectivity index (χ1v) is 6.12. The number of aromatic amines is 1. The van der Waals surface area contributed by atoms with Crippen LogP contribution in [0.4, 0.5) is 0 Å². The number of aromatic nitrogens is 2. The van der Waals surface area contributed by atoms with Crippen molar-refractivity contribution in [3.05, 3.63) is 54.1 Å². The Morgan fingerprint density at radius 2 is 2.16 bits per heavy atom. The van der Waals surface area contributed by atoms with Gasteiger partial charge in [-0.15, -0.1) is 0 Å². The summed E-state index contributed by atoms with van der Waals surface area (Å²) < 4.78 is 0. The molecule has 0 spiro atoms. The first kappa shape index (κ1) is 13.3. The predicted octanol–water partition coefficient (Wildman–Crippen LogP) is 1.47. The molecule has 0 amide bonds. The maximum atomic E-state index is 9.35. The van der Waals surface area contributed by atoms with Gasteiger partial charge in [0.25, 0.3) is 0 Å². The minimum atomic E-state index is -0.435. The Bertz CT molecular complexity index is 518. The summed E-state index contributed by atoms with van der Waals surface area (Å²) in [4.78, 5) is 8.82. The van der Waals surface area contributed by atoms with Gasteiger partial charge in [-0.1, -0.05) is 30.3 Å². The van der Waals surface area contributed by atoms with Crippen LogP contribution < -0.4 is 0 Å². The van der Waals surface area contributed by atoms with Gasteiger partial charge in [0.15, 0.2) is 0 Å². The van der Waals surface area contributed by atoms with E-state index in [9.17, 15) is 10.4 Å². The van der Waals surface area contributed by atoms with Crippen molar-refractivity contribution in [2.24, 2.45) is 0 Å². The van der Waals surface area contributed by atoms with Crippen LogP contribution in [0.5, 0.6) is 0 Å². The smallest absolute Gasteiger partial charge is 0.140 e. The van der Waals surface area contributed by atoms with Crippen LogP contribution in [0.25, 0.3) is 0 Å². The molecule has 0 saturated heterocycles. The van der Waals surface area contributed by atoms with E-state index in [2.05, 4.69) is 16.0 Å². The fourth-order valence-corrected chi connectivity index (χ4v) is 2.01. The molecule has 2 rings (SSSR count). The van der Waals surface area contributed by atoms with Gasteiger partial charge in [-0.2, -0.15) is 5.26 Å². The number of aliphatic hydroxyl groups is 1. The maximum absolute atomic E-state index is 9.35. The summed E-state index contributed by atoms with van der Waals surface area (Å²) in [5, 5.41) is 18.5. The van der Waals surface area contributed by atoms with E-state index >= 15 is 0 Å². The van der Waals surface area contributed by atoms with Crippen molar-refractivity contribution in [3.8, 4) is 6.07 Å². The van der Waals surface area contributed by atoms with E-state index in [-0.39, 0.29) is 6.61 Å². The first-order chi connectivity index (χ1) is 9.35. The van der Waals surface area contributed by atoms with Gasteiger partial charge < -0.3 is 10.1 Å². The molecule has 1 atom stereocenters. The molecular weight excluding hydrogens is 240 g/mol. The summed E-state index contributed by atoms with van der Waals surface area (Å²) in [7, 11) is 0. The summed E-state index contributed by atoms with van der Waals surface area (Å²) in [6.45, 7) is 1.06. The van der Waals surface area contributed by atoms with Gasteiger partial charge in [-0.3, -0.25) is 4.90 Å². The summed E-state index contributed by atoms with van der Waals surface area (Å²) >= 11 is 0. The number of nitrogens with one attached hydrogen (secondary N) is 1. The van der Waals surface area contributed by atoms with Crippen LogP contribution in [-0.2, 0) is 6.54 Å². The van der Waals surface area contributed by atoms with E-state index in [1.165, 1.54) is 0 Å². The quantitative estimate of drug-likeness (QED) is 0.820. The van der Waals surface area contributed by atoms with E-state index in [1.54, 1.807) is 12.5 Å². The van der Waals surface area contributed by atoms with Crippen molar-refractivity contribution in [2.45, 2.75) is 12.6 Å². The minimum Gasteiger partial charge on any atom is -0.395 e. The second-order valence-corrected chi connectivity index (χ2v) is 4.22. The van der Waals surface area contributed by atoms with E-state index in [1.807, 2.05) is 35.2 Å². The fourth-order valence-electron chi connectivity index (χ4n) is 2.01. The molecule has 5 nitrogen and oxygen atoms in total. The highest BCUT2D eigenvalue weighted by atomic mass is 16.3. The molecule has 0 fully saturated rings. The van der Waals surface area contributed by atoms with E-state index in [0.717, 1.165) is 11.3 Å². The van der Waals surface area contributed by atoms with Crippen molar-refractivity contribution in [3.63, 3.8) is 0 Å². The molecule has 1 heterocycles. The third kappa shape index (κ3) is 3.41. The minimum absolute atomic E-state index is 0.0130. The normalized spacial score (nSPS) is 12.3. The lowest BCUT2D eigenvalue weighted by molar-refractivity contribution is 0.165. The highest BCUT2D eigenvalue weighted by molar-refractivity contribution is 5.17. The largest absolute Gasteiger partial charge is 0.395 e. The van der Waals surface area contributed by atoms with Crippen molar-refractivity contribution < 1.29 is 5.11 Å². The summed E-state index contributed by atoms with van der Waals surface area (Å²) in [6.07, 6.45) is 3.20.